The average molecular weight is 559 g/mol. The van der Waals surface area contributed by atoms with Gasteiger partial charge >= 0.3 is 29.6 Å². The number of hydrogen-bond donors (Lipinski definition) is 4. The molecular weight excluding hydrogens is 503 g/mol. The predicted molar refractivity (Wildman–Crippen MR) is 143 cm³/mol. The Bertz CT molecular complexity index is 635. The molecule has 10 nitrogen and oxygen atoms in total. The number of aliphatic hydroxyl groups is 2. The molecule has 3 fully saturated rings. The van der Waals surface area contributed by atoms with Crippen LogP contribution in [-0.4, -0.2) is 109 Å². The van der Waals surface area contributed by atoms with Crippen molar-refractivity contribution >= 4 is 0 Å². The normalized spacial score (nSPS) is 26.4. The Kier molecular flexibility index (Phi) is 19.3. The van der Waals surface area contributed by atoms with Crippen LogP contribution in [-0.2, 0) is 14.2 Å². The molecule has 0 aromatic rings. The van der Waals surface area contributed by atoms with Gasteiger partial charge in [-0.25, -0.2) is 0 Å². The third kappa shape index (κ3) is 12.8. The summed E-state index contributed by atoms with van der Waals surface area (Å²) in [7, 11) is 0. The van der Waals surface area contributed by atoms with Crippen LogP contribution in [0, 0.1) is 12.8 Å². The molecule has 0 spiro atoms. The Morgan fingerprint density at radius 1 is 0.816 bits per heavy atom. The molecule has 3 aliphatic rings. The maximum atomic E-state index is 10.1. The van der Waals surface area contributed by atoms with E-state index in [0.29, 0.717) is 25.6 Å². The van der Waals surface area contributed by atoms with E-state index in [9.17, 15) is 15.5 Å². The number of epoxide rings is 1. The van der Waals surface area contributed by atoms with Crippen LogP contribution in [0.25, 0.3) is 0 Å². The number of piperidine rings is 2. The molecule has 0 bridgehead atoms. The molecular formula is C27H55N2NaO8. The summed E-state index contributed by atoms with van der Waals surface area (Å²) < 4.78 is 16.6. The van der Waals surface area contributed by atoms with E-state index in [1.807, 2.05) is 27.7 Å². The molecule has 11 heteroatoms. The fourth-order valence-electron chi connectivity index (χ4n) is 5.30. The Morgan fingerprint density at radius 3 is 1.42 bits per heavy atom. The van der Waals surface area contributed by atoms with Gasteiger partial charge in [0.25, 0.3) is 0 Å². The van der Waals surface area contributed by atoms with Crippen LogP contribution in [0.3, 0.4) is 0 Å². The Hall–Kier alpha value is 0.160. The van der Waals surface area contributed by atoms with Crippen molar-refractivity contribution in [3.63, 3.8) is 0 Å². The molecule has 2 atom stereocenters. The zero-order valence-electron chi connectivity index (χ0n) is 24.5. The number of hydrogen-bond acceptors (Lipinski definition) is 10. The SMILES string of the molecule is C.C#C.CC1(C)CC(OCC(O)CO)CC(C)(C)N1O.CC1(C)CC(OCC2CO2)CC(C)(C)N1O.[Na+].[OH-]. The summed E-state index contributed by atoms with van der Waals surface area (Å²) in [6, 6.07) is 0. The van der Waals surface area contributed by atoms with E-state index in [4.69, 9.17) is 19.3 Å². The molecule has 3 rings (SSSR count). The Labute approximate surface area is 253 Å². The Balaban J connectivity index is -0.000000564. The maximum Gasteiger partial charge on any atom is 1.00 e. The van der Waals surface area contributed by atoms with Crippen LogP contribution in [0.1, 0.15) is 88.5 Å². The van der Waals surface area contributed by atoms with Crippen LogP contribution in [0.15, 0.2) is 0 Å². The van der Waals surface area contributed by atoms with E-state index in [-0.39, 0.29) is 90.0 Å². The number of ether oxygens (including phenoxy) is 3. The summed E-state index contributed by atoms with van der Waals surface area (Å²) in [6.45, 7) is 17.5. The van der Waals surface area contributed by atoms with Gasteiger partial charge in [0.1, 0.15) is 12.2 Å². The molecule has 0 radical (unpaired) electrons. The molecule has 3 saturated heterocycles. The van der Waals surface area contributed by atoms with Gasteiger partial charge in [0, 0.05) is 22.2 Å². The molecule has 3 aliphatic heterocycles. The topological polar surface area (TPSA) is 148 Å². The van der Waals surface area contributed by atoms with Gasteiger partial charge in [-0.15, -0.1) is 12.8 Å². The largest absolute Gasteiger partial charge is 1.00 e. The van der Waals surface area contributed by atoms with E-state index in [1.165, 1.54) is 10.1 Å². The summed E-state index contributed by atoms with van der Waals surface area (Å²) in [5, 5.41) is 41.1. The molecule has 2 unspecified atom stereocenters. The van der Waals surface area contributed by atoms with Crippen molar-refractivity contribution in [1.29, 1.82) is 0 Å². The first-order valence-electron chi connectivity index (χ1n) is 12.5. The second kappa shape index (κ2) is 17.2. The molecule has 3 heterocycles. The molecule has 0 saturated carbocycles. The summed E-state index contributed by atoms with van der Waals surface area (Å²) in [4.78, 5) is 0. The van der Waals surface area contributed by atoms with Crippen molar-refractivity contribution in [1.82, 2.24) is 10.1 Å². The van der Waals surface area contributed by atoms with Crippen LogP contribution in [0.2, 0.25) is 0 Å². The molecule has 0 aliphatic carbocycles. The number of rotatable bonds is 7. The summed E-state index contributed by atoms with van der Waals surface area (Å²) >= 11 is 0. The number of aliphatic hydroxyl groups excluding tert-OH is 2. The van der Waals surface area contributed by atoms with Gasteiger partial charge in [0.15, 0.2) is 0 Å². The first kappa shape index (κ1) is 42.6. The minimum Gasteiger partial charge on any atom is -0.870 e. The standard InChI is InChI=1S/C12H25NO4.C12H23NO3.C2H2.CH4.Na.H2O/c1-11(2)5-10(17-8-9(15)7-14)6-12(3,4)13(11)16;1-11(2)5-9(15-7-10-8-16-10)6-12(3,4)13(11)14;1-2;;;/h9-10,14-16H,5-8H2,1-4H3;9-10,14H,5-8H2,1-4H3;1-2H;1H4;;1H2/q;;;;+1;/p-1. The number of nitrogens with zero attached hydrogens (tertiary/aromatic N) is 2. The zero-order chi connectivity index (χ0) is 27.2. The summed E-state index contributed by atoms with van der Waals surface area (Å²) in [6.07, 6.45) is 10.8. The predicted octanol–water partition coefficient (Wildman–Crippen LogP) is 0.292. The van der Waals surface area contributed by atoms with E-state index in [1.54, 1.807) is 0 Å². The maximum absolute atomic E-state index is 10.1. The van der Waals surface area contributed by atoms with Gasteiger partial charge in [-0.1, -0.05) is 7.43 Å². The van der Waals surface area contributed by atoms with Crippen molar-refractivity contribution in [2.75, 3.05) is 26.4 Å². The summed E-state index contributed by atoms with van der Waals surface area (Å²) in [5.41, 5.74) is -1.15. The van der Waals surface area contributed by atoms with E-state index in [2.05, 4.69) is 40.5 Å². The van der Waals surface area contributed by atoms with E-state index < -0.39 is 6.10 Å². The molecule has 5 N–H and O–H groups in total. The zero-order valence-corrected chi connectivity index (χ0v) is 26.5. The average Bonchev–Trinajstić information content (AvgIpc) is 3.58. The molecule has 222 valence electrons. The fraction of sp³-hybridized carbons (Fsp3) is 0.926. The fourth-order valence-corrected chi connectivity index (χ4v) is 5.30. The van der Waals surface area contributed by atoms with Crippen LogP contribution in [0.4, 0.5) is 0 Å². The Morgan fingerprint density at radius 2 is 1.13 bits per heavy atom. The number of terminal acetylenes is 1. The quantitative estimate of drug-likeness (QED) is 0.195. The minimum absolute atomic E-state index is 0. The summed E-state index contributed by atoms with van der Waals surface area (Å²) in [5.74, 6) is 0. The van der Waals surface area contributed by atoms with Gasteiger partial charge in [-0.05, 0) is 81.1 Å². The van der Waals surface area contributed by atoms with Gasteiger partial charge in [0.2, 0.25) is 0 Å². The van der Waals surface area contributed by atoms with Crippen molar-refractivity contribution in [3.8, 4) is 12.8 Å². The van der Waals surface area contributed by atoms with Crippen molar-refractivity contribution < 1.29 is 69.9 Å². The minimum atomic E-state index is -0.826. The third-order valence-corrected chi connectivity index (χ3v) is 6.86. The van der Waals surface area contributed by atoms with E-state index >= 15 is 0 Å². The molecule has 0 aromatic carbocycles. The van der Waals surface area contributed by atoms with Crippen LogP contribution >= 0.6 is 0 Å². The first-order valence-corrected chi connectivity index (χ1v) is 12.5. The van der Waals surface area contributed by atoms with Crippen LogP contribution < -0.4 is 29.6 Å². The van der Waals surface area contributed by atoms with Crippen molar-refractivity contribution in [3.05, 3.63) is 0 Å². The van der Waals surface area contributed by atoms with Crippen molar-refractivity contribution in [2.45, 2.75) is 135 Å². The molecule has 38 heavy (non-hydrogen) atoms. The van der Waals surface area contributed by atoms with Gasteiger partial charge < -0.3 is 40.3 Å². The van der Waals surface area contributed by atoms with Crippen molar-refractivity contribution in [2.24, 2.45) is 0 Å². The van der Waals surface area contributed by atoms with Gasteiger partial charge in [-0.3, -0.25) is 0 Å². The number of hydroxylamine groups is 4. The second-order valence-electron chi connectivity index (χ2n) is 12.4. The smallest absolute Gasteiger partial charge is 0.870 e. The van der Waals surface area contributed by atoms with E-state index in [0.717, 1.165) is 19.4 Å². The first-order chi connectivity index (χ1) is 16.0. The van der Waals surface area contributed by atoms with Gasteiger partial charge in [-0.2, -0.15) is 10.1 Å². The molecule has 0 amide bonds. The van der Waals surface area contributed by atoms with Crippen LogP contribution in [0.5, 0.6) is 0 Å². The van der Waals surface area contributed by atoms with Gasteiger partial charge in [0.05, 0.1) is 38.6 Å². The second-order valence-corrected chi connectivity index (χ2v) is 12.4. The molecule has 0 aromatic heterocycles. The monoisotopic (exact) mass is 558 g/mol. The third-order valence-electron chi connectivity index (χ3n) is 6.86.